The molecular weight excluding hydrogens is 406 g/mol. The van der Waals surface area contributed by atoms with Gasteiger partial charge in [0.25, 0.3) is 5.92 Å². The molecule has 2 aromatic rings. The third-order valence-electron chi connectivity index (χ3n) is 5.65. The highest BCUT2D eigenvalue weighted by molar-refractivity contribution is 7.90. The molecule has 5 heterocycles. The van der Waals surface area contributed by atoms with Crippen molar-refractivity contribution in [3.8, 4) is 5.69 Å². The maximum absolute atomic E-state index is 13.1. The smallest absolute Gasteiger partial charge is 0.303 e. The summed E-state index contributed by atoms with van der Waals surface area (Å²) in [7, 11) is -4.08. The summed E-state index contributed by atoms with van der Waals surface area (Å²) in [6.07, 6.45) is 5.40. The first-order valence-corrected chi connectivity index (χ1v) is 11.0. The second kappa shape index (κ2) is 6.41. The fraction of sp³-hybridized carbons (Fsp3) is 0.588. The predicted molar refractivity (Wildman–Crippen MR) is 102 cm³/mol. The third-order valence-corrected chi connectivity index (χ3v) is 7.06. The van der Waals surface area contributed by atoms with Crippen LogP contribution in [0.2, 0.25) is 0 Å². The number of halogens is 2. The summed E-state index contributed by atoms with van der Waals surface area (Å²) in [5, 5.41) is 3.35. The highest BCUT2D eigenvalue weighted by Gasteiger charge is 2.49. The third kappa shape index (κ3) is 3.19. The van der Waals surface area contributed by atoms with Crippen LogP contribution in [0.15, 0.2) is 12.4 Å². The largest absolute Gasteiger partial charge is 0.381 e. The van der Waals surface area contributed by atoms with Crippen molar-refractivity contribution in [2.75, 3.05) is 36.3 Å². The van der Waals surface area contributed by atoms with Gasteiger partial charge in [-0.15, -0.1) is 0 Å². The maximum atomic E-state index is 13.1. The fourth-order valence-corrected chi connectivity index (χ4v) is 5.38. The number of alkyl halides is 2. The molecular formula is C17H22F2N6O3S. The molecule has 1 unspecified atom stereocenters. The van der Waals surface area contributed by atoms with E-state index in [-0.39, 0.29) is 11.9 Å². The van der Waals surface area contributed by atoms with Crippen molar-refractivity contribution in [3.63, 3.8) is 0 Å². The summed E-state index contributed by atoms with van der Waals surface area (Å²) in [5.41, 5.74) is 2.04. The van der Waals surface area contributed by atoms with Crippen molar-refractivity contribution in [1.29, 1.82) is 0 Å². The monoisotopic (exact) mass is 428 g/mol. The van der Waals surface area contributed by atoms with Gasteiger partial charge in [0.05, 0.1) is 31.0 Å². The lowest BCUT2D eigenvalue weighted by molar-refractivity contribution is -0.0942. The van der Waals surface area contributed by atoms with E-state index in [2.05, 4.69) is 20.0 Å². The molecule has 12 heteroatoms. The van der Waals surface area contributed by atoms with Gasteiger partial charge in [-0.3, -0.25) is 9.29 Å². The molecule has 2 fully saturated rings. The molecule has 0 spiro atoms. The summed E-state index contributed by atoms with van der Waals surface area (Å²) < 4.78 is 61.3. The van der Waals surface area contributed by atoms with Gasteiger partial charge >= 0.3 is 10.2 Å². The minimum atomic E-state index is -4.08. The Kier molecular flexibility index (Phi) is 4.16. The Morgan fingerprint density at radius 3 is 2.72 bits per heavy atom. The Morgan fingerprint density at radius 1 is 1.31 bits per heavy atom. The molecule has 0 bridgehead atoms. The van der Waals surface area contributed by atoms with Gasteiger partial charge in [0.2, 0.25) is 0 Å². The molecule has 9 nitrogen and oxygen atoms in total. The van der Waals surface area contributed by atoms with Gasteiger partial charge in [-0.2, -0.15) is 12.7 Å². The SMILES string of the molecule is CC1Nc2[nH]cc(C3CCOCC3)c2-n2cc(NS(=O)(=O)N3CC(F)(F)C3)nc21. The van der Waals surface area contributed by atoms with Gasteiger partial charge in [0.15, 0.2) is 5.82 Å². The minimum absolute atomic E-state index is 0.107. The van der Waals surface area contributed by atoms with Crippen molar-refractivity contribution in [2.45, 2.75) is 37.6 Å². The Bertz CT molecular complexity index is 1040. The van der Waals surface area contributed by atoms with Crippen LogP contribution in [0.5, 0.6) is 0 Å². The topological polar surface area (TPSA) is 104 Å². The second-order valence-electron chi connectivity index (χ2n) is 7.81. The zero-order valence-corrected chi connectivity index (χ0v) is 16.6. The number of imidazole rings is 1. The van der Waals surface area contributed by atoms with Crippen molar-refractivity contribution in [2.24, 2.45) is 0 Å². The van der Waals surface area contributed by atoms with E-state index in [0.717, 1.165) is 29.9 Å². The first-order chi connectivity index (χ1) is 13.7. The number of hydrogen-bond donors (Lipinski definition) is 3. The van der Waals surface area contributed by atoms with E-state index in [1.807, 2.05) is 17.7 Å². The van der Waals surface area contributed by atoms with Gasteiger partial charge in [0, 0.05) is 19.4 Å². The molecule has 2 aromatic heterocycles. The molecule has 0 saturated carbocycles. The average molecular weight is 428 g/mol. The van der Waals surface area contributed by atoms with Crippen molar-refractivity contribution >= 4 is 21.8 Å². The number of aromatic nitrogens is 3. The average Bonchev–Trinajstić information content (AvgIpc) is 3.24. The van der Waals surface area contributed by atoms with Crippen molar-refractivity contribution in [3.05, 3.63) is 23.8 Å². The summed E-state index contributed by atoms with van der Waals surface area (Å²) in [6, 6.07) is -0.157. The number of hydrogen-bond acceptors (Lipinski definition) is 5. The van der Waals surface area contributed by atoms with Crippen LogP contribution in [-0.4, -0.2) is 59.5 Å². The van der Waals surface area contributed by atoms with Crippen molar-refractivity contribution < 1.29 is 21.9 Å². The highest BCUT2D eigenvalue weighted by atomic mass is 32.2. The molecule has 2 saturated heterocycles. The number of fused-ring (bicyclic) bond motifs is 3. The summed E-state index contributed by atoms with van der Waals surface area (Å²) >= 11 is 0. The lowest BCUT2D eigenvalue weighted by atomic mass is 9.92. The molecule has 1 atom stereocenters. The number of nitrogens with zero attached hydrogens (tertiary/aromatic N) is 3. The van der Waals surface area contributed by atoms with Gasteiger partial charge in [0.1, 0.15) is 11.6 Å². The molecule has 5 rings (SSSR count). The Balaban J connectivity index is 1.46. The zero-order chi connectivity index (χ0) is 20.4. The van der Waals surface area contributed by atoms with E-state index in [4.69, 9.17) is 4.74 Å². The number of ether oxygens (including phenoxy) is 1. The lowest BCUT2D eigenvalue weighted by Gasteiger charge is -2.37. The summed E-state index contributed by atoms with van der Waals surface area (Å²) in [6.45, 7) is 1.70. The molecule has 3 aliphatic heterocycles. The molecule has 29 heavy (non-hydrogen) atoms. The number of anilines is 2. The number of rotatable bonds is 4. The van der Waals surface area contributed by atoms with E-state index in [9.17, 15) is 17.2 Å². The van der Waals surface area contributed by atoms with Crippen LogP contribution in [0.3, 0.4) is 0 Å². The van der Waals surface area contributed by atoms with Crippen LogP contribution < -0.4 is 10.0 Å². The van der Waals surface area contributed by atoms with Crippen LogP contribution in [0.1, 0.15) is 43.1 Å². The van der Waals surface area contributed by atoms with E-state index >= 15 is 0 Å². The van der Waals surface area contributed by atoms with Crippen LogP contribution >= 0.6 is 0 Å². The van der Waals surface area contributed by atoms with E-state index in [1.54, 1.807) is 6.20 Å². The van der Waals surface area contributed by atoms with E-state index < -0.39 is 29.2 Å². The Labute approximate surface area is 166 Å². The first-order valence-electron chi connectivity index (χ1n) is 9.54. The van der Waals surface area contributed by atoms with Gasteiger partial charge < -0.3 is 15.0 Å². The fourth-order valence-electron chi connectivity index (χ4n) is 4.17. The van der Waals surface area contributed by atoms with Crippen LogP contribution in [-0.2, 0) is 14.9 Å². The minimum Gasteiger partial charge on any atom is -0.381 e. The predicted octanol–water partition coefficient (Wildman–Crippen LogP) is 2.19. The van der Waals surface area contributed by atoms with E-state index in [1.165, 1.54) is 0 Å². The quantitative estimate of drug-likeness (QED) is 0.693. The Morgan fingerprint density at radius 2 is 2.03 bits per heavy atom. The second-order valence-corrected chi connectivity index (χ2v) is 9.48. The van der Waals surface area contributed by atoms with Gasteiger partial charge in [-0.25, -0.2) is 13.8 Å². The van der Waals surface area contributed by atoms with Crippen LogP contribution in [0.25, 0.3) is 5.69 Å². The van der Waals surface area contributed by atoms with Gasteiger partial charge in [-0.1, -0.05) is 0 Å². The molecule has 3 aliphatic rings. The molecule has 158 valence electrons. The molecule has 0 amide bonds. The zero-order valence-electron chi connectivity index (χ0n) is 15.8. The summed E-state index contributed by atoms with van der Waals surface area (Å²) in [5.74, 6) is -1.04. The number of nitrogens with one attached hydrogen (secondary N) is 3. The Hall–Kier alpha value is -2.18. The molecule has 3 N–H and O–H groups in total. The normalized spacial score (nSPS) is 24.3. The highest BCUT2D eigenvalue weighted by Crippen LogP contribution is 2.41. The van der Waals surface area contributed by atoms with E-state index in [0.29, 0.717) is 29.3 Å². The molecule has 0 aromatic carbocycles. The number of H-pyrrole nitrogens is 1. The summed E-state index contributed by atoms with van der Waals surface area (Å²) in [4.78, 5) is 7.68. The molecule has 0 aliphatic carbocycles. The maximum Gasteiger partial charge on any atom is 0.303 e. The number of aromatic amines is 1. The van der Waals surface area contributed by atoms with Crippen molar-refractivity contribution in [1.82, 2.24) is 18.8 Å². The first kappa shape index (κ1) is 18.8. The lowest BCUT2D eigenvalue weighted by Crippen LogP contribution is -2.59. The molecule has 0 radical (unpaired) electrons. The standard InChI is InChI=1S/C17H22F2N6O3S/c1-10-16-22-13(23-29(26,27)24-8-17(18,19)9-24)7-25(16)14-12(6-20-15(14)21-10)11-2-4-28-5-3-11/h6-7,10-11,20-21,23H,2-5,8-9H2,1H3. The van der Waals surface area contributed by atoms with Gasteiger partial charge in [-0.05, 0) is 31.2 Å². The van der Waals surface area contributed by atoms with Crippen LogP contribution in [0.4, 0.5) is 20.4 Å². The van der Waals surface area contributed by atoms with Crippen LogP contribution in [0, 0.1) is 0 Å².